The molecule has 106 valence electrons. The number of aryl methyl sites for hydroxylation is 1. The quantitative estimate of drug-likeness (QED) is 0.836. The topological polar surface area (TPSA) is 37.8 Å². The summed E-state index contributed by atoms with van der Waals surface area (Å²) < 4.78 is 0. The van der Waals surface area contributed by atoms with E-state index in [0.29, 0.717) is 24.3 Å². The van der Waals surface area contributed by atoms with Crippen molar-refractivity contribution in [1.82, 2.24) is 9.97 Å². The van der Waals surface area contributed by atoms with Crippen molar-refractivity contribution in [1.29, 1.82) is 0 Å². The zero-order valence-corrected chi connectivity index (χ0v) is 12.9. The van der Waals surface area contributed by atoms with Gasteiger partial charge in [0.25, 0.3) is 0 Å². The molecular weight excluding hydrogens is 270 g/mol. The van der Waals surface area contributed by atoms with E-state index in [1.807, 2.05) is 25.1 Å². The summed E-state index contributed by atoms with van der Waals surface area (Å²) in [4.78, 5) is 8.96. The second kappa shape index (κ2) is 6.71. The molecule has 0 fully saturated rings. The molecule has 4 heteroatoms. The van der Waals surface area contributed by atoms with Crippen molar-refractivity contribution in [2.75, 3.05) is 5.32 Å². The minimum Gasteiger partial charge on any atom is -0.350 e. The Balaban J connectivity index is 2.06. The molecule has 0 aliphatic rings. The second-order valence-corrected chi connectivity index (χ2v) is 5.48. The number of rotatable bonds is 5. The smallest absolute Gasteiger partial charge is 0.223 e. The first kappa shape index (κ1) is 14.8. The van der Waals surface area contributed by atoms with Crippen LogP contribution in [0.4, 0.5) is 5.95 Å². The van der Waals surface area contributed by atoms with E-state index in [1.54, 1.807) is 0 Å². The van der Waals surface area contributed by atoms with Crippen LogP contribution >= 0.6 is 11.6 Å². The fourth-order valence-electron chi connectivity index (χ4n) is 1.90. The predicted molar refractivity (Wildman–Crippen MR) is 84.2 cm³/mol. The van der Waals surface area contributed by atoms with E-state index in [0.717, 1.165) is 17.0 Å². The standard InChI is InChI=1S/C16H20ClN3/c1-11(2)15-8-12(3)19-16(20-15)18-10-14-6-4-13(9-17)5-7-14/h4-8,11H,9-10H2,1-3H3,(H,18,19,20). The lowest BCUT2D eigenvalue weighted by Gasteiger charge is -2.10. The maximum atomic E-state index is 5.78. The summed E-state index contributed by atoms with van der Waals surface area (Å²) in [6.07, 6.45) is 0. The number of alkyl halides is 1. The van der Waals surface area contributed by atoms with Crippen LogP contribution in [-0.4, -0.2) is 9.97 Å². The number of hydrogen-bond donors (Lipinski definition) is 1. The summed E-state index contributed by atoms with van der Waals surface area (Å²) in [7, 11) is 0. The number of nitrogens with one attached hydrogen (secondary N) is 1. The van der Waals surface area contributed by atoms with E-state index in [-0.39, 0.29) is 0 Å². The Bertz CT molecular complexity index is 564. The van der Waals surface area contributed by atoms with Crippen LogP contribution < -0.4 is 5.32 Å². The van der Waals surface area contributed by atoms with Gasteiger partial charge in [0.05, 0.1) is 0 Å². The molecule has 0 radical (unpaired) electrons. The molecule has 2 rings (SSSR count). The van der Waals surface area contributed by atoms with Crippen LogP contribution in [0.5, 0.6) is 0 Å². The first-order chi connectivity index (χ1) is 9.58. The molecule has 0 spiro atoms. The lowest BCUT2D eigenvalue weighted by molar-refractivity contribution is 0.808. The van der Waals surface area contributed by atoms with Crippen LogP contribution in [0.25, 0.3) is 0 Å². The van der Waals surface area contributed by atoms with Crippen LogP contribution in [0, 0.1) is 6.92 Å². The molecule has 0 atom stereocenters. The predicted octanol–water partition coefficient (Wildman–Crippen LogP) is 4.26. The second-order valence-electron chi connectivity index (χ2n) is 5.22. The summed E-state index contributed by atoms with van der Waals surface area (Å²) in [6.45, 7) is 6.98. The maximum Gasteiger partial charge on any atom is 0.223 e. The molecule has 0 amide bonds. The molecule has 20 heavy (non-hydrogen) atoms. The van der Waals surface area contributed by atoms with Gasteiger partial charge in [-0.25, -0.2) is 9.97 Å². The number of hydrogen-bond acceptors (Lipinski definition) is 3. The molecule has 0 aliphatic heterocycles. The molecular formula is C16H20ClN3. The molecule has 0 bridgehead atoms. The highest BCUT2D eigenvalue weighted by Gasteiger charge is 2.05. The fraction of sp³-hybridized carbons (Fsp3) is 0.375. The van der Waals surface area contributed by atoms with Gasteiger partial charge in [-0.15, -0.1) is 11.6 Å². The Morgan fingerprint density at radius 2 is 1.75 bits per heavy atom. The number of halogens is 1. The molecule has 0 saturated heterocycles. The van der Waals surface area contributed by atoms with Crippen molar-refractivity contribution in [3.05, 3.63) is 52.8 Å². The Morgan fingerprint density at radius 1 is 1.10 bits per heavy atom. The highest BCUT2D eigenvalue weighted by Crippen LogP contribution is 2.15. The zero-order valence-electron chi connectivity index (χ0n) is 12.2. The Morgan fingerprint density at radius 3 is 2.35 bits per heavy atom. The fourth-order valence-corrected chi connectivity index (χ4v) is 2.07. The van der Waals surface area contributed by atoms with Crippen LogP contribution in [-0.2, 0) is 12.4 Å². The SMILES string of the molecule is Cc1cc(C(C)C)nc(NCc2ccc(CCl)cc2)n1. The summed E-state index contributed by atoms with van der Waals surface area (Å²) in [5.74, 6) is 1.64. The van der Waals surface area contributed by atoms with Gasteiger partial charge in [0.15, 0.2) is 0 Å². The minimum atomic E-state index is 0.403. The van der Waals surface area contributed by atoms with Gasteiger partial charge in [0.1, 0.15) is 0 Å². The Labute approximate surface area is 125 Å². The van der Waals surface area contributed by atoms with Crippen LogP contribution in [0.15, 0.2) is 30.3 Å². The maximum absolute atomic E-state index is 5.78. The average Bonchev–Trinajstić information content (AvgIpc) is 2.45. The normalized spacial score (nSPS) is 10.8. The summed E-state index contributed by atoms with van der Waals surface area (Å²) in [5.41, 5.74) is 4.38. The Hall–Kier alpha value is -1.61. The van der Waals surface area contributed by atoms with Gasteiger partial charge in [-0.1, -0.05) is 38.1 Å². The van der Waals surface area contributed by atoms with E-state index in [4.69, 9.17) is 11.6 Å². The van der Waals surface area contributed by atoms with E-state index < -0.39 is 0 Å². The lowest BCUT2D eigenvalue weighted by Crippen LogP contribution is -2.07. The first-order valence-corrected chi connectivity index (χ1v) is 7.35. The highest BCUT2D eigenvalue weighted by atomic mass is 35.5. The molecule has 1 N–H and O–H groups in total. The molecule has 1 heterocycles. The van der Waals surface area contributed by atoms with E-state index >= 15 is 0 Å². The first-order valence-electron chi connectivity index (χ1n) is 6.81. The number of aromatic nitrogens is 2. The van der Waals surface area contributed by atoms with Gasteiger partial charge in [-0.05, 0) is 30.0 Å². The van der Waals surface area contributed by atoms with Crippen molar-refractivity contribution in [2.24, 2.45) is 0 Å². The number of anilines is 1. The third kappa shape index (κ3) is 3.94. The minimum absolute atomic E-state index is 0.403. The van der Waals surface area contributed by atoms with Crippen molar-refractivity contribution in [2.45, 2.75) is 39.1 Å². The lowest BCUT2D eigenvalue weighted by atomic mass is 10.1. The monoisotopic (exact) mass is 289 g/mol. The van der Waals surface area contributed by atoms with E-state index in [2.05, 4.69) is 41.3 Å². The van der Waals surface area contributed by atoms with Gasteiger partial charge in [-0.2, -0.15) is 0 Å². The molecule has 0 saturated carbocycles. The van der Waals surface area contributed by atoms with Crippen LogP contribution in [0.3, 0.4) is 0 Å². The van der Waals surface area contributed by atoms with E-state index in [9.17, 15) is 0 Å². The summed E-state index contributed by atoms with van der Waals surface area (Å²) >= 11 is 5.78. The molecule has 1 aromatic carbocycles. The third-order valence-corrected chi connectivity index (χ3v) is 3.40. The molecule has 0 aliphatic carbocycles. The average molecular weight is 290 g/mol. The van der Waals surface area contributed by atoms with Gasteiger partial charge in [0.2, 0.25) is 5.95 Å². The van der Waals surface area contributed by atoms with Crippen molar-refractivity contribution < 1.29 is 0 Å². The largest absolute Gasteiger partial charge is 0.350 e. The number of nitrogens with zero attached hydrogens (tertiary/aromatic N) is 2. The molecule has 3 nitrogen and oxygen atoms in total. The molecule has 2 aromatic rings. The van der Waals surface area contributed by atoms with Gasteiger partial charge in [0, 0.05) is 23.8 Å². The van der Waals surface area contributed by atoms with Crippen LogP contribution in [0.2, 0.25) is 0 Å². The third-order valence-electron chi connectivity index (χ3n) is 3.09. The van der Waals surface area contributed by atoms with Gasteiger partial charge >= 0.3 is 0 Å². The highest BCUT2D eigenvalue weighted by molar-refractivity contribution is 6.17. The van der Waals surface area contributed by atoms with Crippen molar-refractivity contribution >= 4 is 17.5 Å². The van der Waals surface area contributed by atoms with Crippen molar-refractivity contribution in [3.63, 3.8) is 0 Å². The zero-order chi connectivity index (χ0) is 14.5. The number of benzene rings is 1. The van der Waals surface area contributed by atoms with Crippen LogP contribution in [0.1, 0.15) is 42.3 Å². The van der Waals surface area contributed by atoms with Gasteiger partial charge in [-0.3, -0.25) is 0 Å². The van der Waals surface area contributed by atoms with E-state index in [1.165, 1.54) is 5.56 Å². The van der Waals surface area contributed by atoms with Gasteiger partial charge < -0.3 is 5.32 Å². The molecule has 0 unspecified atom stereocenters. The van der Waals surface area contributed by atoms with Crippen molar-refractivity contribution in [3.8, 4) is 0 Å². The molecule has 1 aromatic heterocycles. The Kier molecular flexibility index (Phi) is 4.96. The summed E-state index contributed by atoms with van der Waals surface area (Å²) in [6, 6.07) is 10.3. The summed E-state index contributed by atoms with van der Waals surface area (Å²) in [5, 5.41) is 3.28.